The topological polar surface area (TPSA) is 96.0 Å². The van der Waals surface area contributed by atoms with Crippen molar-refractivity contribution in [3.8, 4) is 0 Å². The van der Waals surface area contributed by atoms with Crippen molar-refractivity contribution < 1.29 is 4.79 Å². The predicted molar refractivity (Wildman–Crippen MR) is 83.2 cm³/mol. The second-order valence-corrected chi connectivity index (χ2v) is 5.40. The Morgan fingerprint density at radius 1 is 1.41 bits per heavy atom. The van der Waals surface area contributed by atoms with Crippen LogP contribution in [0.1, 0.15) is 23.7 Å². The van der Waals surface area contributed by atoms with Gasteiger partial charge in [-0.2, -0.15) is 0 Å². The van der Waals surface area contributed by atoms with E-state index >= 15 is 0 Å². The number of carbonyl (C=O) groups excluding carboxylic acids is 1. The molecule has 1 unspecified atom stereocenters. The second-order valence-electron chi connectivity index (χ2n) is 5.40. The number of rotatable bonds is 3. The summed E-state index contributed by atoms with van der Waals surface area (Å²) >= 11 is 0. The highest BCUT2D eigenvalue weighted by molar-refractivity contribution is 5.97. The van der Waals surface area contributed by atoms with E-state index in [1.165, 1.54) is 0 Å². The molecule has 0 aliphatic carbocycles. The molecule has 2 heterocycles. The van der Waals surface area contributed by atoms with Crippen LogP contribution in [0.4, 0.5) is 0 Å². The normalized spacial score (nSPS) is 17.8. The van der Waals surface area contributed by atoms with Crippen LogP contribution in [0.2, 0.25) is 0 Å². The first-order valence-electron chi connectivity index (χ1n) is 7.38. The van der Waals surface area contributed by atoms with Gasteiger partial charge in [-0.3, -0.25) is 14.2 Å². The number of aromatic amines is 1. The maximum Gasteiger partial charge on any atom is 0.328 e. The molecule has 0 bridgehead atoms. The number of carbonyl (C=O) groups is 1. The van der Waals surface area contributed by atoms with Gasteiger partial charge in [-0.1, -0.05) is 0 Å². The lowest BCUT2D eigenvalue weighted by atomic mass is 10.1. The van der Waals surface area contributed by atoms with E-state index in [2.05, 4.69) is 15.6 Å². The number of hydrogen-bond donors (Lipinski definition) is 3. The van der Waals surface area contributed by atoms with E-state index < -0.39 is 5.69 Å². The summed E-state index contributed by atoms with van der Waals surface area (Å²) in [7, 11) is 0. The molecule has 3 rings (SSSR count). The second kappa shape index (κ2) is 5.76. The molecule has 1 aliphatic heterocycles. The first kappa shape index (κ1) is 14.5. The third-order valence-electron chi connectivity index (χ3n) is 3.96. The van der Waals surface area contributed by atoms with Crippen LogP contribution in [-0.4, -0.2) is 34.6 Å². The monoisotopic (exact) mass is 302 g/mol. The van der Waals surface area contributed by atoms with Crippen LogP contribution in [0.3, 0.4) is 0 Å². The third-order valence-corrected chi connectivity index (χ3v) is 3.96. The molecule has 3 N–H and O–H groups in total. The Morgan fingerprint density at radius 2 is 2.23 bits per heavy atom. The zero-order valence-electron chi connectivity index (χ0n) is 12.3. The minimum absolute atomic E-state index is 0.121. The maximum atomic E-state index is 12.2. The summed E-state index contributed by atoms with van der Waals surface area (Å²) in [5.74, 6) is -0.198. The van der Waals surface area contributed by atoms with E-state index in [4.69, 9.17) is 0 Å². The highest BCUT2D eigenvalue weighted by atomic mass is 16.2. The van der Waals surface area contributed by atoms with Gasteiger partial charge in [0.05, 0.1) is 10.9 Å². The molecule has 7 nitrogen and oxygen atoms in total. The largest absolute Gasteiger partial charge is 0.348 e. The molecule has 116 valence electrons. The number of aromatic nitrogens is 2. The summed E-state index contributed by atoms with van der Waals surface area (Å²) in [6.45, 7) is 3.70. The van der Waals surface area contributed by atoms with Gasteiger partial charge in [0.1, 0.15) is 0 Å². The summed E-state index contributed by atoms with van der Waals surface area (Å²) in [5.41, 5.74) is 0.0198. The number of nitrogens with zero attached hydrogens (tertiary/aromatic N) is 1. The van der Waals surface area contributed by atoms with Gasteiger partial charge in [0.25, 0.3) is 11.5 Å². The van der Waals surface area contributed by atoms with Crippen molar-refractivity contribution in [2.45, 2.75) is 25.9 Å². The van der Waals surface area contributed by atoms with Crippen LogP contribution < -0.4 is 21.9 Å². The molecule has 1 aromatic carbocycles. The Hall–Kier alpha value is -2.41. The molecule has 0 saturated carbocycles. The standard InChI is InChI=1S/C15H18N4O3/c1-2-19-14(21)11-4-3-9(7-12(11)18-15(19)22)13(20)17-10-5-6-16-8-10/h3-4,7,10,16H,2,5-6,8H2,1H3,(H,17,20)(H,18,22). The Balaban J connectivity index is 1.97. The summed E-state index contributed by atoms with van der Waals surface area (Å²) in [5, 5.41) is 6.52. The Labute approximate surface area is 126 Å². The van der Waals surface area contributed by atoms with Crippen molar-refractivity contribution in [1.82, 2.24) is 20.2 Å². The van der Waals surface area contributed by atoms with Crippen molar-refractivity contribution >= 4 is 16.8 Å². The molecular formula is C15H18N4O3. The molecule has 1 saturated heterocycles. The number of nitrogens with one attached hydrogen (secondary N) is 3. The predicted octanol–water partition coefficient (Wildman–Crippen LogP) is -0.199. The molecule has 0 radical (unpaired) electrons. The summed E-state index contributed by atoms with van der Waals surface area (Å²) in [6, 6.07) is 4.87. The number of benzene rings is 1. The van der Waals surface area contributed by atoms with E-state index in [-0.39, 0.29) is 17.5 Å². The van der Waals surface area contributed by atoms with Crippen molar-refractivity contribution in [3.63, 3.8) is 0 Å². The van der Waals surface area contributed by atoms with Gasteiger partial charge in [0.2, 0.25) is 0 Å². The Morgan fingerprint density at radius 3 is 2.91 bits per heavy atom. The number of fused-ring (bicyclic) bond motifs is 1. The summed E-state index contributed by atoms with van der Waals surface area (Å²) < 4.78 is 1.13. The SMILES string of the molecule is CCn1c(=O)[nH]c2cc(C(=O)NC3CCNC3)ccc2c1=O. The van der Waals surface area contributed by atoms with Crippen LogP contribution in [0.25, 0.3) is 10.9 Å². The van der Waals surface area contributed by atoms with Gasteiger partial charge in [-0.25, -0.2) is 4.79 Å². The fourth-order valence-corrected chi connectivity index (χ4v) is 2.73. The van der Waals surface area contributed by atoms with E-state index in [0.717, 1.165) is 24.1 Å². The smallest absolute Gasteiger partial charge is 0.328 e. The molecule has 0 spiro atoms. The fraction of sp³-hybridized carbons (Fsp3) is 0.400. The van der Waals surface area contributed by atoms with Gasteiger partial charge in [0, 0.05) is 24.7 Å². The Kier molecular flexibility index (Phi) is 3.81. The van der Waals surface area contributed by atoms with Crippen molar-refractivity contribution in [2.75, 3.05) is 13.1 Å². The molecule has 1 amide bonds. The van der Waals surface area contributed by atoms with Crippen LogP contribution in [0.5, 0.6) is 0 Å². The zero-order chi connectivity index (χ0) is 15.7. The molecular weight excluding hydrogens is 284 g/mol. The van der Waals surface area contributed by atoms with Crippen molar-refractivity contribution in [2.24, 2.45) is 0 Å². The van der Waals surface area contributed by atoms with Gasteiger partial charge in [-0.15, -0.1) is 0 Å². The van der Waals surface area contributed by atoms with E-state index in [1.807, 2.05) is 0 Å². The van der Waals surface area contributed by atoms with E-state index in [0.29, 0.717) is 23.0 Å². The zero-order valence-corrected chi connectivity index (χ0v) is 12.3. The third kappa shape index (κ3) is 2.55. The number of amides is 1. The molecule has 22 heavy (non-hydrogen) atoms. The van der Waals surface area contributed by atoms with Crippen LogP contribution in [0.15, 0.2) is 27.8 Å². The molecule has 1 atom stereocenters. The van der Waals surface area contributed by atoms with Crippen LogP contribution >= 0.6 is 0 Å². The fourth-order valence-electron chi connectivity index (χ4n) is 2.73. The first-order valence-corrected chi connectivity index (χ1v) is 7.38. The highest BCUT2D eigenvalue weighted by Gasteiger charge is 2.18. The van der Waals surface area contributed by atoms with Crippen LogP contribution in [-0.2, 0) is 6.54 Å². The molecule has 1 fully saturated rings. The first-order chi connectivity index (χ1) is 10.6. The Bertz CT molecular complexity index is 831. The lowest BCUT2D eigenvalue weighted by Gasteiger charge is -2.11. The lowest BCUT2D eigenvalue weighted by Crippen LogP contribution is -2.36. The summed E-state index contributed by atoms with van der Waals surface area (Å²) in [4.78, 5) is 38.9. The average Bonchev–Trinajstić information content (AvgIpc) is 3.00. The molecule has 1 aromatic heterocycles. The van der Waals surface area contributed by atoms with E-state index in [9.17, 15) is 14.4 Å². The van der Waals surface area contributed by atoms with Crippen molar-refractivity contribution in [1.29, 1.82) is 0 Å². The quantitative estimate of drug-likeness (QED) is 0.732. The van der Waals surface area contributed by atoms with Gasteiger partial charge in [-0.05, 0) is 38.1 Å². The van der Waals surface area contributed by atoms with Crippen molar-refractivity contribution in [3.05, 3.63) is 44.6 Å². The molecule has 1 aliphatic rings. The van der Waals surface area contributed by atoms with Gasteiger partial charge >= 0.3 is 5.69 Å². The average molecular weight is 302 g/mol. The van der Waals surface area contributed by atoms with Gasteiger partial charge in [0.15, 0.2) is 0 Å². The van der Waals surface area contributed by atoms with Crippen LogP contribution in [0, 0.1) is 0 Å². The minimum Gasteiger partial charge on any atom is -0.348 e. The maximum absolute atomic E-state index is 12.2. The number of H-pyrrole nitrogens is 1. The highest BCUT2D eigenvalue weighted by Crippen LogP contribution is 2.10. The lowest BCUT2D eigenvalue weighted by molar-refractivity contribution is 0.0940. The van der Waals surface area contributed by atoms with Gasteiger partial charge < -0.3 is 15.6 Å². The molecule has 7 heteroatoms. The molecule has 2 aromatic rings. The summed E-state index contributed by atoms with van der Waals surface area (Å²) in [6.07, 6.45) is 0.900. The minimum atomic E-state index is -0.461. The number of hydrogen-bond acceptors (Lipinski definition) is 4. The van der Waals surface area contributed by atoms with E-state index in [1.54, 1.807) is 25.1 Å².